The van der Waals surface area contributed by atoms with Crippen molar-refractivity contribution in [2.75, 3.05) is 5.75 Å². The molecule has 2 rings (SSSR count). The number of fused-ring (bicyclic) bond motifs is 1. The molecule has 1 aromatic rings. The quantitative estimate of drug-likeness (QED) is 0.771. The number of hydrogen-bond acceptors (Lipinski definition) is 2. The Morgan fingerprint density at radius 3 is 2.93 bits per heavy atom. The Bertz CT molecular complexity index is 399. The van der Waals surface area contributed by atoms with Gasteiger partial charge in [0.2, 0.25) is 0 Å². The van der Waals surface area contributed by atoms with E-state index in [0.717, 1.165) is 16.2 Å². The predicted octanol–water partition coefficient (Wildman–Crippen LogP) is 2.90. The summed E-state index contributed by atoms with van der Waals surface area (Å²) in [7, 11) is 0. The topological polar surface area (TPSA) is 37.3 Å². The van der Waals surface area contributed by atoms with Crippen molar-refractivity contribution >= 4 is 17.7 Å². The van der Waals surface area contributed by atoms with E-state index in [1.807, 2.05) is 13.0 Å². The van der Waals surface area contributed by atoms with E-state index in [0.29, 0.717) is 11.5 Å². The van der Waals surface area contributed by atoms with Crippen molar-refractivity contribution in [3.05, 3.63) is 28.8 Å². The number of carboxylic acids is 1. The zero-order valence-corrected chi connectivity index (χ0v) is 9.02. The molecular formula is C11H12O2S. The molecule has 3 heteroatoms. The third-order valence-electron chi connectivity index (χ3n) is 2.61. The molecule has 0 fully saturated rings. The molecular weight excluding hydrogens is 196 g/mol. The van der Waals surface area contributed by atoms with Gasteiger partial charge in [0, 0.05) is 10.6 Å². The van der Waals surface area contributed by atoms with E-state index in [4.69, 9.17) is 5.11 Å². The first-order valence-corrected chi connectivity index (χ1v) is 5.59. The zero-order chi connectivity index (χ0) is 10.3. The average Bonchev–Trinajstić information content (AvgIpc) is 2.46. The molecule has 0 radical (unpaired) electrons. The minimum absolute atomic E-state index is 0.436. The van der Waals surface area contributed by atoms with Crippen LogP contribution in [0.5, 0.6) is 0 Å². The summed E-state index contributed by atoms with van der Waals surface area (Å²) < 4.78 is 0. The molecule has 2 nitrogen and oxygen atoms in total. The second kappa shape index (κ2) is 3.31. The molecule has 0 amide bonds. The van der Waals surface area contributed by atoms with Crippen molar-refractivity contribution in [3.8, 4) is 0 Å². The molecule has 1 aliphatic heterocycles. The summed E-state index contributed by atoms with van der Waals surface area (Å²) in [6, 6.07) is 3.82. The highest BCUT2D eigenvalue weighted by molar-refractivity contribution is 7.99. The number of rotatable bonds is 1. The maximum Gasteiger partial charge on any atom is 0.335 e. The van der Waals surface area contributed by atoms with Gasteiger partial charge in [0.1, 0.15) is 0 Å². The van der Waals surface area contributed by atoms with Crippen LogP contribution in [0, 0.1) is 6.92 Å². The fourth-order valence-electron chi connectivity index (χ4n) is 1.76. The fraction of sp³-hybridized carbons (Fsp3) is 0.364. The Kier molecular flexibility index (Phi) is 2.27. The van der Waals surface area contributed by atoms with E-state index in [1.54, 1.807) is 17.8 Å². The molecule has 1 atom stereocenters. The molecule has 0 aromatic heterocycles. The van der Waals surface area contributed by atoms with Gasteiger partial charge in [-0.25, -0.2) is 4.79 Å². The molecule has 1 N–H and O–H groups in total. The second-order valence-electron chi connectivity index (χ2n) is 3.72. The Morgan fingerprint density at radius 1 is 1.57 bits per heavy atom. The number of aromatic carboxylic acids is 1. The van der Waals surface area contributed by atoms with Crippen LogP contribution in [0.2, 0.25) is 0 Å². The lowest BCUT2D eigenvalue weighted by atomic mass is 9.98. The summed E-state index contributed by atoms with van der Waals surface area (Å²) >= 11 is 1.75. The predicted molar refractivity (Wildman–Crippen MR) is 57.3 cm³/mol. The minimum Gasteiger partial charge on any atom is -0.478 e. The van der Waals surface area contributed by atoms with Gasteiger partial charge in [0.25, 0.3) is 0 Å². The second-order valence-corrected chi connectivity index (χ2v) is 4.78. The van der Waals surface area contributed by atoms with E-state index >= 15 is 0 Å². The first-order chi connectivity index (χ1) is 6.59. The van der Waals surface area contributed by atoms with Gasteiger partial charge in [-0.15, -0.1) is 11.8 Å². The van der Waals surface area contributed by atoms with Crippen LogP contribution in [0.25, 0.3) is 0 Å². The number of aryl methyl sites for hydroxylation is 1. The highest BCUT2D eigenvalue weighted by Gasteiger charge is 2.21. The zero-order valence-electron chi connectivity index (χ0n) is 8.20. The minimum atomic E-state index is -0.828. The van der Waals surface area contributed by atoms with Crippen molar-refractivity contribution < 1.29 is 9.90 Å². The monoisotopic (exact) mass is 208 g/mol. The lowest BCUT2D eigenvalue weighted by Crippen LogP contribution is -2.01. The standard InChI is InChI=1S/C11H12O2S/c1-6-3-8-7(2)5-14-10(8)4-9(6)11(12)13/h3-4,7H,5H2,1-2H3,(H,12,13). The molecule has 1 unspecified atom stereocenters. The smallest absolute Gasteiger partial charge is 0.335 e. The van der Waals surface area contributed by atoms with Crippen LogP contribution < -0.4 is 0 Å². The molecule has 1 aliphatic rings. The Balaban J connectivity index is 2.55. The van der Waals surface area contributed by atoms with Gasteiger partial charge in [-0.1, -0.05) is 13.0 Å². The Hall–Kier alpha value is -0.960. The van der Waals surface area contributed by atoms with Crippen molar-refractivity contribution in [3.63, 3.8) is 0 Å². The summed E-state index contributed by atoms with van der Waals surface area (Å²) in [5.74, 6) is 0.791. The maximum absolute atomic E-state index is 10.9. The van der Waals surface area contributed by atoms with E-state index < -0.39 is 5.97 Å². The summed E-state index contributed by atoms with van der Waals surface area (Å²) in [5, 5.41) is 8.95. The molecule has 74 valence electrons. The van der Waals surface area contributed by atoms with Crippen molar-refractivity contribution in [2.45, 2.75) is 24.7 Å². The van der Waals surface area contributed by atoms with Crippen LogP contribution in [0.3, 0.4) is 0 Å². The lowest BCUT2D eigenvalue weighted by molar-refractivity contribution is 0.0696. The van der Waals surface area contributed by atoms with Crippen molar-refractivity contribution in [2.24, 2.45) is 0 Å². The van der Waals surface area contributed by atoms with Gasteiger partial charge in [-0.2, -0.15) is 0 Å². The van der Waals surface area contributed by atoms with Gasteiger partial charge in [0.15, 0.2) is 0 Å². The number of carbonyl (C=O) groups is 1. The molecule has 0 spiro atoms. The number of thioether (sulfide) groups is 1. The molecule has 0 saturated heterocycles. The Labute approximate surface area is 87.3 Å². The van der Waals surface area contributed by atoms with Crippen LogP contribution in [-0.2, 0) is 0 Å². The fourth-order valence-corrected chi connectivity index (χ4v) is 2.99. The number of benzene rings is 1. The molecule has 14 heavy (non-hydrogen) atoms. The van der Waals surface area contributed by atoms with Crippen molar-refractivity contribution in [1.82, 2.24) is 0 Å². The molecule has 1 heterocycles. The third-order valence-corrected chi connectivity index (χ3v) is 3.94. The van der Waals surface area contributed by atoms with E-state index in [2.05, 4.69) is 6.92 Å². The first kappa shape index (κ1) is 9.59. The van der Waals surface area contributed by atoms with Crippen LogP contribution in [0.4, 0.5) is 0 Å². The summed E-state index contributed by atoms with van der Waals surface area (Å²) in [6.45, 7) is 4.04. The van der Waals surface area contributed by atoms with Crippen LogP contribution in [-0.4, -0.2) is 16.8 Å². The molecule has 0 aliphatic carbocycles. The van der Waals surface area contributed by atoms with E-state index in [-0.39, 0.29) is 0 Å². The van der Waals surface area contributed by atoms with Crippen LogP contribution in [0.15, 0.2) is 17.0 Å². The normalized spacial score (nSPS) is 19.4. The highest BCUT2D eigenvalue weighted by Crippen LogP contribution is 2.40. The molecule has 0 bridgehead atoms. The maximum atomic E-state index is 10.9. The van der Waals surface area contributed by atoms with Gasteiger partial charge < -0.3 is 5.11 Å². The van der Waals surface area contributed by atoms with Gasteiger partial charge >= 0.3 is 5.97 Å². The van der Waals surface area contributed by atoms with E-state index in [9.17, 15) is 4.79 Å². The summed E-state index contributed by atoms with van der Waals surface area (Å²) in [4.78, 5) is 12.0. The summed E-state index contributed by atoms with van der Waals surface area (Å²) in [6.07, 6.45) is 0. The van der Waals surface area contributed by atoms with Crippen LogP contribution >= 0.6 is 11.8 Å². The van der Waals surface area contributed by atoms with E-state index in [1.165, 1.54) is 5.56 Å². The average molecular weight is 208 g/mol. The van der Waals surface area contributed by atoms with Gasteiger partial charge in [-0.3, -0.25) is 0 Å². The third kappa shape index (κ3) is 1.42. The number of carboxylic acid groups (broad SMARTS) is 1. The largest absolute Gasteiger partial charge is 0.478 e. The summed E-state index contributed by atoms with van der Waals surface area (Å²) in [5.41, 5.74) is 2.61. The van der Waals surface area contributed by atoms with Gasteiger partial charge in [-0.05, 0) is 30.0 Å². The highest BCUT2D eigenvalue weighted by atomic mass is 32.2. The first-order valence-electron chi connectivity index (χ1n) is 4.60. The Morgan fingerprint density at radius 2 is 2.29 bits per heavy atom. The van der Waals surface area contributed by atoms with Crippen LogP contribution in [0.1, 0.15) is 34.3 Å². The lowest BCUT2D eigenvalue weighted by Gasteiger charge is -2.07. The molecule has 0 saturated carbocycles. The van der Waals surface area contributed by atoms with Gasteiger partial charge in [0.05, 0.1) is 5.56 Å². The molecule has 1 aromatic carbocycles. The van der Waals surface area contributed by atoms with Crippen molar-refractivity contribution in [1.29, 1.82) is 0 Å². The SMILES string of the molecule is Cc1cc2c(cc1C(=O)O)SCC2C. The number of hydrogen-bond donors (Lipinski definition) is 1.